The summed E-state index contributed by atoms with van der Waals surface area (Å²) in [5, 5.41) is 10.8. The molecule has 0 aromatic heterocycles. The second-order valence-electron chi connectivity index (χ2n) is 10.7. The molecular weight excluding hydrogens is 488 g/mol. The van der Waals surface area contributed by atoms with Crippen molar-refractivity contribution in [2.45, 2.75) is 56.3 Å². The highest BCUT2D eigenvalue weighted by atomic mass is 35.5. The predicted molar refractivity (Wildman–Crippen MR) is 146 cm³/mol. The van der Waals surface area contributed by atoms with Gasteiger partial charge in [0.15, 0.2) is 0 Å². The first-order valence-electron chi connectivity index (χ1n) is 13.3. The van der Waals surface area contributed by atoms with Crippen LogP contribution in [0.25, 0.3) is 0 Å². The number of carboxylic acid groups (broad SMARTS) is 1. The number of carbonyl (C=O) groups is 2. The molecule has 6 nitrogen and oxygen atoms in total. The van der Waals surface area contributed by atoms with E-state index >= 15 is 0 Å². The topological polar surface area (TPSA) is 70.1 Å². The summed E-state index contributed by atoms with van der Waals surface area (Å²) in [6, 6.07) is 11.9. The molecule has 2 aromatic carbocycles. The Morgan fingerprint density at radius 1 is 1.14 bits per heavy atom. The van der Waals surface area contributed by atoms with E-state index in [1.165, 1.54) is 11.1 Å². The number of benzene rings is 2. The third-order valence-electron chi connectivity index (χ3n) is 8.16. The molecule has 0 saturated carbocycles. The normalized spacial score (nSPS) is 25.4. The van der Waals surface area contributed by atoms with Crippen molar-refractivity contribution in [2.75, 3.05) is 38.2 Å². The van der Waals surface area contributed by atoms with Crippen molar-refractivity contribution in [1.29, 1.82) is 0 Å². The van der Waals surface area contributed by atoms with Crippen molar-refractivity contribution in [3.05, 3.63) is 70.3 Å². The first-order valence-corrected chi connectivity index (χ1v) is 13.7. The molecule has 1 amide bonds. The minimum absolute atomic E-state index is 0.0720. The molecule has 0 saturated heterocycles. The van der Waals surface area contributed by atoms with Gasteiger partial charge in [0.25, 0.3) is 0 Å². The number of rotatable bonds is 1. The molecule has 0 unspecified atom stereocenters. The van der Waals surface area contributed by atoms with Crippen LogP contribution in [0.5, 0.6) is 5.75 Å². The van der Waals surface area contributed by atoms with Gasteiger partial charge in [-0.05, 0) is 79.5 Å². The Balaban J connectivity index is 1.55. The SMILES string of the molecule is CN1C/C=C\CCCCN2C[C@@]3(CCCc4cc(Cl)ccc43)COc3ccc(cc32)[C@H](C(=O)O)CC1=O. The fourth-order valence-electron chi connectivity index (χ4n) is 6.08. The van der Waals surface area contributed by atoms with Crippen LogP contribution in [0.15, 0.2) is 48.6 Å². The number of likely N-dealkylation sites (N-methyl/N-ethyl adjacent to an activating group) is 1. The zero-order valence-corrected chi connectivity index (χ0v) is 22.2. The number of hydrogen-bond acceptors (Lipinski definition) is 4. The first-order chi connectivity index (χ1) is 17.9. The van der Waals surface area contributed by atoms with Crippen molar-refractivity contribution >= 4 is 29.2 Å². The Morgan fingerprint density at radius 2 is 2.00 bits per heavy atom. The average Bonchev–Trinajstić information content (AvgIpc) is 3.03. The summed E-state index contributed by atoms with van der Waals surface area (Å²) in [5.74, 6) is -1.30. The van der Waals surface area contributed by atoms with Gasteiger partial charge in [-0.25, -0.2) is 0 Å². The van der Waals surface area contributed by atoms with Gasteiger partial charge < -0.3 is 19.6 Å². The summed E-state index contributed by atoms with van der Waals surface area (Å²) in [7, 11) is 1.73. The number of halogens is 1. The van der Waals surface area contributed by atoms with Gasteiger partial charge in [-0.15, -0.1) is 0 Å². The smallest absolute Gasteiger partial charge is 0.311 e. The quantitative estimate of drug-likeness (QED) is 0.496. The van der Waals surface area contributed by atoms with Gasteiger partial charge in [0.1, 0.15) is 5.75 Å². The maximum Gasteiger partial charge on any atom is 0.311 e. The first kappa shape index (κ1) is 25.7. The molecule has 196 valence electrons. The number of aliphatic carboxylic acids is 1. The van der Waals surface area contributed by atoms with Gasteiger partial charge in [0, 0.05) is 43.5 Å². The molecule has 7 heteroatoms. The number of amides is 1. The summed E-state index contributed by atoms with van der Waals surface area (Å²) in [5.41, 5.74) is 4.01. The van der Waals surface area contributed by atoms with Gasteiger partial charge in [0.05, 0.1) is 18.2 Å². The maximum absolute atomic E-state index is 12.8. The molecular formula is C30H35ClN2O4. The fraction of sp³-hybridized carbons (Fsp3) is 0.467. The van der Waals surface area contributed by atoms with Gasteiger partial charge in [-0.2, -0.15) is 0 Å². The van der Waals surface area contributed by atoms with E-state index in [9.17, 15) is 14.7 Å². The van der Waals surface area contributed by atoms with Crippen LogP contribution in [0.1, 0.15) is 61.1 Å². The van der Waals surface area contributed by atoms with E-state index in [-0.39, 0.29) is 17.7 Å². The average molecular weight is 523 g/mol. The number of ether oxygens (including phenoxy) is 1. The van der Waals surface area contributed by atoms with E-state index in [4.69, 9.17) is 16.3 Å². The van der Waals surface area contributed by atoms with Gasteiger partial charge in [-0.1, -0.05) is 35.9 Å². The lowest BCUT2D eigenvalue weighted by molar-refractivity contribution is -0.142. The van der Waals surface area contributed by atoms with E-state index in [2.05, 4.69) is 23.1 Å². The number of fused-ring (bicyclic) bond motifs is 3. The van der Waals surface area contributed by atoms with E-state index in [1.807, 2.05) is 30.3 Å². The third-order valence-corrected chi connectivity index (χ3v) is 8.40. The number of aryl methyl sites for hydroxylation is 1. The summed E-state index contributed by atoms with van der Waals surface area (Å²) in [6.45, 7) is 2.71. The van der Waals surface area contributed by atoms with E-state index in [1.54, 1.807) is 11.9 Å². The standard InChI is InChI=1S/C30H35ClN2O4/c1-32-14-5-3-2-4-6-15-33-19-30(13-7-8-22-16-23(31)10-11-25(22)30)20-37-27-12-9-21(17-26(27)33)24(29(35)36)18-28(32)34/h3,5,9-12,16-17,24H,2,4,6-8,13-15,18-20H2,1H3,(H,35,36)/b5-3-/t24-,30+/m1/s1. The molecule has 1 spiro atoms. The number of anilines is 1. The highest BCUT2D eigenvalue weighted by Gasteiger charge is 2.42. The number of allylic oxidation sites excluding steroid dienone is 1. The lowest BCUT2D eigenvalue weighted by Crippen LogP contribution is -2.46. The minimum Gasteiger partial charge on any atom is -0.490 e. The molecule has 2 atom stereocenters. The Labute approximate surface area is 223 Å². The largest absolute Gasteiger partial charge is 0.490 e. The Kier molecular flexibility index (Phi) is 7.47. The van der Waals surface area contributed by atoms with Crippen LogP contribution in [-0.2, 0) is 21.4 Å². The zero-order chi connectivity index (χ0) is 26.0. The van der Waals surface area contributed by atoms with Crippen LogP contribution in [0, 0.1) is 0 Å². The Morgan fingerprint density at radius 3 is 2.84 bits per heavy atom. The maximum atomic E-state index is 12.8. The van der Waals surface area contributed by atoms with Crippen molar-refractivity contribution in [3.63, 3.8) is 0 Å². The third kappa shape index (κ3) is 5.35. The van der Waals surface area contributed by atoms with Gasteiger partial charge in [-0.3, -0.25) is 9.59 Å². The van der Waals surface area contributed by atoms with Crippen molar-refractivity contribution in [3.8, 4) is 5.75 Å². The number of carboxylic acids is 1. The lowest BCUT2D eigenvalue weighted by Gasteiger charge is -2.41. The Bertz CT molecular complexity index is 1210. The molecule has 2 bridgehead atoms. The highest BCUT2D eigenvalue weighted by molar-refractivity contribution is 6.30. The van der Waals surface area contributed by atoms with Gasteiger partial charge >= 0.3 is 5.97 Å². The highest BCUT2D eigenvalue weighted by Crippen LogP contribution is 2.45. The monoisotopic (exact) mass is 522 g/mol. The minimum atomic E-state index is -0.989. The number of carbonyl (C=O) groups excluding carboxylic acids is 1. The zero-order valence-electron chi connectivity index (χ0n) is 21.4. The fourth-order valence-corrected chi connectivity index (χ4v) is 6.27. The van der Waals surface area contributed by atoms with Crippen LogP contribution < -0.4 is 9.64 Å². The van der Waals surface area contributed by atoms with Crippen molar-refractivity contribution in [2.24, 2.45) is 0 Å². The Hall–Kier alpha value is -2.99. The van der Waals surface area contributed by atoms with E-state index in [0.29, 0.717) is 18.7 Å². The van der Waals surface area contributed by atoms with Crippen LogP contribution in [-0.4, -0.2) is 55.2 Å². The second-order valence-corrected chi connectivity index (χ2v) is 11.1. The van der Waals surface area contributed by atoms with Crippen molar-refractivity contribution < 1.29 is 19.4 Å². The molecule has 3 aliphatic rings. The van der Waals surface area contributed by atoms with Crippen LogP contribution in [0.4, 0.5) is 5.69 Å². The number of hydrogen-bond donors (Lipinski definition) is 1. The molecule has 2 aliphatic heterocycles. The molecule has 5 rings (SSSR count). The summed E-state index contributed by atoms with van der Waals surface area (Å²) in [4.78, 5) is 29.1. The lowest BCUT2D eigenvalue weighted by atomic mass is 9.70. The van der Waals surface area contributed by atoms with Crippen LogP contribution >= 0.6 is 11.6 Å². The summed E-state index contributed by atoms with van der Waals surface area (Å²) in [6.07, 6.45) is 10.2. The van der Waals surface area contributed by atoms with E-state index < -0.39 is 11.9 Å². The number of nitrogens with zero attached hydrogens (tertiary/aromatic N) is 2. The molecule has 1 N–H and O–H groups in total. The molecule has 2 aromatic rings. The van der Waals surface area contributed by atoms with E-state index in [0.717, 1.165) is 68.1 Å². The summed E-state index contributed by atoms with van der Waals surface area (Å²) >= 11 is 6.35. The van der Waals surface area contributed by atoms with Crippen molar-refractivity contribution in [1.82, 2.24) is 4.90 Å². The van der Waals surface area contributed by atoms with Crippen LogP contribution in [0.2, 0.25) is 5.02 Å². The predicted octanol–water partition coefficient (Wildman–Crippen LogP) is 5.57. The molecule has 2 heterocycles. The second kappa shape index (κ2) is 10.8. The van der Waals surface area contributed by atoms with Crippen LogP contribution in [0.3, 0.4) is 0 Å². The molecule has 37 heavy (non-hydrogen) atoms. The molecule has 0 fully saturated rings. The molecule has 1 aliphatic carbocycles. The van der Waals surface area contributed by atoms with Gasteiger partial charge in [0.2, 0.25) is 5.91 Å². The summed E-state index contributed by atoms with van der Waals surface area (Å²) < 4.78 is 6.50. The molecule has 0 radical (unpaired) electrons.